The van der Waals surface area contributed by atoms with Gasteiger partial charge in [0, 0.05) is 23.1 Å². The number of hydrogen-bond donors (Lipinski definition) is 0. The smallest absolute Gasteiger partial charge is 0.258 e. The second kappa shape index (κ2) is 6.54. The Bertz CT molecular complexity index is 867. The third-order valence-corrected chi connectivity index (χ3v) is 4.18. The van der Waals surface area contributed by atoms with Crippen LogP contribution in [0.3, 0.4) is 0 Å². The Morgan fingerprint density at radius 3 is 2.65 bits per heavy atom. The number of hydrogen-bond acceptors (Lipinski definition) is 4. The average molecular weight is 322 g/mol. The Hall–Kier alpha value is -2.79. The molecule has 0 saturated heterocycles. The predicted octanol–water partition coefficient (Wildman–Crippen LogP) is 5.20. The van der Waals surface area contributed by atoms with E-state index in [0.29, 0.717) is 0 Å². The molecule has 0 aliphatic heterocycles. The molecule has 0 spiro atoms. The Morgan fingerprint density at radius 1 is 1.13 bits per heavy atom. The van der Waals surface area contributed by atoms with E-state index in [0.717, 1.165) is 21.8 Å². The summed E-state index contributed by atoms with van der Waals surface area (Å²) in [7, 11) is 0. The fourth-order valence-electron chi connectivity index (χ4n) is 2.13. The lowest BCUT2D eigenvalue weighted by Crippen LogP contribution is -1.87. The highest BCUT2D eigenvalue weighted by atomic mass is 32.1. The molecular weight excluding hydrogens is 308 g/mol. The summed E-state index contributed by atoms with van der Waals surface area (Å²) in [5, 5.41) is 13.7. The Labute approximate surface area is 137 Å². The number of non-ortho nitro benzene ring substituents is 1. The predicted molar refractivity (Wildman–Crippen MR) is 94.3 cm³/mol. The van der Waals surface area contributed by atoms with Gasteiger partial charge in [0.1, 0.15) is 5.01 Å². The second-order valence-corrected chi connectivity index (χ2v) is 6.01. The number of benzene rings is 2. The van der Waals surface area contributed by atoms with Crippen molar-refractivity contribution in [2.24, 2.45) is 0 Å². The first-order valence-corrected chi connectivity index (χ1v) is 7.95. The van der Waals surface area contributed by atoms with Crippen molar-refractivity contribution in [3.8, 4) is 11.3 Å². The number of nitro benzene ring substituents is 1. The molecule has 0 atom stereocenters. The van der Waals surface area contributed by atoms with Crippen molar-refractivity contribution in [2.75, 3.05) is 0 Å². The van der Waals surface area contributed by atoms with Crippen LogP contribution in [0.2, 0.25) is 0 Å². The van der Waals surface area contributed by atoms with Gasteiger partial charge in [-0.15, -0.1) is 11.3 Å². The molecule has 0 aliphatic rings. The van der Waals surface area contributed by atoms with E-state index in [9.17, 15) is 10.1 Å². The molecule has 0 unspecified atom stereocenters. The minimum absolute atomic E-state index is 0.0895. The van der Waals surface area contributed by atoms with Gasteiger partial charge < -0.3 is 0 Å². The van der Waals surface area contributed by atoms with Gasteiger partial charge in [0.05, 0.1) is 10.6 Å². The fraction of sp³-hybridized carbons (Fsp3) is 0.0556. The molecule has 114 valence electrons. The highest BCUT2D eigenvalue weighted by molar-refractivity contribution is 7.10. The Morgan fingerprint density at radius 2 is 1.91 bits per heavy atom. The summed E-state index contributed by atoms with van der Waals surface area (Å²) < 4.78 is 0. The van der Waals surface area contributed by atoms with E-state index in [2.05, 4.69) is 36.2 Å². The van der Waals surface area contributed by atoms with E-state index in [-0.39, 0.29) is 5.69 Å². The summed E-state index contributed by atoms with van der Waals surface area (Å²) >= 11 is 1.55. The lowest BCUT2D eigenvalue weighted by molar-refractivity contribution is -0.384. The zero-order chi connectivity index (χ0) is 16.2. The number of aromatic nitrogens is 1. The average Bonchev–Trinajstić information content (AvgIpc) is 3.03. The maximum absolute atomic E-state index is 10.8. The summed E-state index contributed by atoms with van der Waals surface area (Å²) in [4.78, 5) is 15.0. The van der Waals surface area contributed by atoms with E-state index in [1.54, 1.807) is 23.5 Å². The third kappa shape index (κ3) is 3.70. The monoisotopic (exact) mass is 322 g/mol. The SMILES string of the molecule is Cc1ccc(-c2csc(/C=C/c3cccc([N+](=O)[O-])c3)n2)cc1. The number of rotatable bonds is 4. The molecular formula is C18H14N2O2S. The molecule has 2 aromatic carbocycles. The van der Waals surface area contributed by atoms with Crippen molar-refractivity contribution in [2.45, 2.75) is 6.92 Å². The van der Waals surface area contributed by atoms with Crippen LogP contribution in [0.25, 0.3) is 23.4 Å². The van der Waals surface area contributed by atoms with Crippen molar-refractivity contribution in [1.29, 1.82) is 0 Å². The molecule has 0 saturated carbocycles. The molecule has 23 heavy (non-hydrogen) atoms. The van der Waals surface area contributed by atoms with Crippen molar-refractivity contribution < 1.29 is 4.92 Å². The van der Waals surface area contributed by atoms with Crippen LogP contribution in [0.15, 0.2) is 53.9 Å². The normalized spacial score (nSPS) is 11.0. The van der Waals surface area contributed by atoms with E-state index in [1.165, 1.54) is 11.6 Å². The molecule has 1 heterocycles. The maximum atomic E-state index is 10.8. The summed E-state index contributed by atoms with van der Waals surface area (Å²) in [5.41, 5.74) is 4.11. The summed E-state index contributed by atoms with van der Waals surface area (Å²) in [6.45, 7) is 2.05. The fourth-order valence-corrected chi connectivity index (χ4v) is 2.85. The highest BCUT2D eigenvalue weighted by Gasteiger charge is 2.05. The quantitative estimate of drug-likeness (QED) is 0.490. The van der Waals surface area contributed by atoms with Crippen LogP contribution in [0.1, 0.15) is 16.1 Å². The van der Waals surface area contributed by atoms with Gasteiger partial charge in [-0.25, -0.2) is 4.98 Å². The minimum atomic E-state index is -0.393. The van der Waals surface area contributed by atoms with Gasteiger partial charge in [0.15, 0.2) is 0 Å². The van der Waals surface area contributed by atoms with Crippen molar-refractivity contribution in [3.63, 3.8) is 0 Å². The number of aryl methyl sites for hydroxylation is 1. The van der Waals surface area contributed by atoms with E-state index >= 15 is 0 Å². The summed E-state index contributed by atoms with van der Waals surface area (Å²) in [6, 6.07) is 14.8. The van der Waals surface area contributed by atoms with Gasteiger partial charge in [0.2, 0.25) is 0 Å². The summed E-state index contributed by atoms with van der Waals surface area (Å²) in [6.07, 6.45) is 3.71. The first-order valence-electron chi connectivity index (χ1n) is 7.07. The molecule has 0 amide bonds. The lowest BCUT2D eigenvalue weighted by Gasteiger charge is -1.96. The topological polar surface area (TPSA) is 56.0 Å². The number of thiazole rings is 1. The highest BCUT2D eigenvalue weighted by Crippen LogP contribution is 2.24. The third-order valence-electron chi connectivity index (χ3n) is 3.37. The first-order chi connectivity index (χ1) is 11.1. The van der Waals surface area contributed by atoms with E-state index in [1.807, 2.05) is 23.6 Å². The van der Waals surface area contributed by atoms with Crippen LogP contribution in [0.4, 0.5) is 5.69 Å². The standard InChI is InChI=1S/C18H14N2O2S/c1-13-5-8-15(9-6-13)17-12-23-18(19-17)10-7-14-3-2-4-16(11-14)20(21)22/h2-12H,1H3/b10-7+. The molecule has 4 nitrogen and oxygen atoms in total. The molecule has 3 aromatic rings. The molecule has 3 rings (SSSR count). The van der Waals surface area contributed by atoms with Gasteiger partial charge in [-0.3, -0.25) is 10.1 Å². The number of nitrogens with zero attached hydrogens (tertiary/aromatic N) is 2. The molecule has 0 radical (unpaired) electrons. The van der Waals surface area contributed by atoms with Crippen LogP contribution >= 0.6 is 11.3 Å². The van der Waals surface area contributed by atoms with Crippen LogP contribution < -0.4 is 0 Å². The zero-order valence-electron chi connectivity index (χ0n) is 12.5. The van der Waals surface area contributed by atoms with Gasteiger partial charge in [0.25, 0.3) is 5.69 Å². The zero-order valence-corrected chi connectivity index (χ0v) is 13.3. The largest absolute Gasteiger partial charge is 0.270 e. The van der Waals surface area contributed by atoms with Gasteiger partial charge in [-0.05, 0) is 18.6 Å². The van der Waals surface area contributed by atoms with Gasteiger partial charge >= 0.3 is 0 Å². The molecule has 0 bridgehead atoms. The molecule has 1 aromatic heterocycles. The van der Waals surface area contributed by atoms with Crippen molar-refractivity contribution in [3.05, 3.63) is 80.2 Å². The number of nitro groups is 1. The molecule has 5 heteroatoms. The summed E-state index contributed by atoms with van der Waals surface area (Å²) in [5.74, 6) is 0. The van der Waals surface area contributed by atoms with Crippen LogP contribution in [-0.4, -0.2) is 9.91 Å². The molecule has 0 N–H and O–H groups in total. The Balaban J connectivity index is 1.80. The van der Waals surface area contributed by atoms with Gasteiger partial charge in [-0.2, -0.15) is 0 Å². The van der Waals surface area contributed by atoms with Crippen LogP contribution in [0, 0.1) is 17.0 Å². The first kappa shape index (κ1) is 15.1. The van der Waals surface area contributed by atoms with Crippen LogP contribution in [0.5, 0.6) is 0 Å². The van der Waals surface area contributed by atoms with Crippen LogP contribution in [-0.2, 0) is 0 Å². The van der Waals surface area contributed by atoms with Crippen molar-refractivity contribution >= 4 is 29.2 Å². The minimum Gasteiger partial charge on any atom is -0.258 e. The molecule has 0 fully saturated rings. The maximum Gasteiger partial charge on any atom is 0.270 e. The molecule has 0 aliphatic carbocycles. The van der Waals surface area contributed by atoms with E-state index < -0.39 is 4.92 Å². The van der Waals surface area contributed by atoms with Crippen molar-refractivity contribution in [1.82, 2.24) is 4.98 Å². The van der Waals surface area contributed by atoms with E-state index in [4.69, 9.17) is 0 Å². The lowest BCUT2D eigenvalue weighted by atomic mass is 10.1. The van der Waals surface area contributed by atoms with Gasteiger partial charge in [-0.1, -0.05) is 48.0 Å². The Kier molecular flexibility index (Phi) is 4.30. The second-order valence-electron chi connectivity index (χ2n) is 5.12.